The van der Waals surface area contributed by atoms with Crippen LogP contribution in [0, 0.1) is 5.82 Å². The molecule has 1 nitrogen and oxygen atoms in total. The molecule has 0 aromatic heterocycles. The molecule has 1 rings (SSSR count). The molecule has 0 saturated heterocycles. The van der Waals surface area contributed by atoms with E-state index in [1.54, 1.807) is 0 Å². The molecule has 0 bridgehead atoms. The van der Waals surface area contributed by atoms with Gasteiger partial charge in [0.1, 0.15) is 11.6 Å². The van der Waals surface area contributed by atoms with Crippen molar-refractivity contribution in [3.63, 3.8) is 0 Å². The van der Waals surface area contributed by atoms with Crippen LogP contribution in [0.15, 0.2) is 22.7 Å². The van der Waals surface area contributed by atoms with Gasteiger partial charge in [0.15, 0.2) is 0 Å². The first-order valence-corrected chi connectivity index (χ1v) is 4.42. The fourth-order valence-corrected chi connectivity index (χ4v) is 1.10. The zero-order chi connectivity index (χ0) is 11.6. The Kier molecular flexibility index (Phi) is 3.54. The van der Waals surface area contributed by atoms with Crippen LogP contribution in [0.3, 0.4) is 0 Å². The van der Waals surface area contributed by atoms with Gasteiger partial charge in [-0.05, 0) is 34.1 Å². The maximum Gasteiger partial charge on any atom is 0.461 e. The summed E-state index contributed by atoms with van der Waals surface area (Å²) < 4.78 is 64.4. The number of benzene rings is 1. The van der Waals surface area contributed by atoms with E-state index in [1.165, 1.54) is 0 Å². The number of halogens is 6. The fourth-order valence-electron chi connectivity index (χ4n) is 0.742. The van der Waals surface area contributed by atoms with E-state index in [-0.39, 0.29) is 4.47 Å². The highest BCUT2D eigenvalue weighted by molar-refractivity contribution is 9.10. The maximum atomic E-state index is 12.7. The second-order valence-corrected chi connectivity index (χ2v) is 3.39. The monoisotopic (exact) mass is 290 g/mol. The summed E-state index contributed by atoms with van der Waals surface area (Å²) in [6.45, 7) is 0. The standard InChI is InChI=1S/C8H4BrF5O/c9-5-3-4(1-2-6(5)10)15-8(13,14)7(11)12/h1-3,7H. The third-order valence-corrected chi connectivity index (χ3v) is 2.01. The van der Waals surface area contributed by atoms with Gasteiger partial charge < -0.3 is 4.74 Å². The molecule has 84 valence electrons. The van der Waals surface area contributed by atoms with Crippen molar-refractivity contribution in [3.8, 4) is 5.75 Å². The van der Waals surface area contributed by atoms with E-state index >= 15 is 0 Å². The van der Waals surface area contributed by atoms with E-state index in [9.17, 15) is 22.0 Å². The zero-order valence-corrected chi connectivity index (χ0v) is 8.57. The largest absolute Gasteiger partial charge is 0.461 e. The first-order chi connectivity index (χ1) is 6.83. The van der Waals surface area contributed by atoms with E-state index in [2.05, 4.69) is 20.7 Å². The van der Waals surface area contributed by atoms with Crippen LogP contribution in [0.2, 0.25) is 0 Å². The second-order valence-electron chi connectivity index (χ2n) is 2.54. The van der Waals surface area contributed by atoms with Gasteiger partial charge in [0.05, 0.1) is 4.47 Å². The van der Waals surface area contributed by atoms with Crippen LogP contribution >= 0.6 is 15.9 Å². The Morgan fingerprint density at radius 2 is 1.87 bits per heavy atom. The third-order valence-electron chi connectivity index (χ3n) is 1.40. The number of alkyl halides is 4. The highest BCUT2D eigenvalue weighted by atomic mass is 79.9. The van der Waals surface area contributed by atoms with Crippen molar-refractivity contribution < 1.29 is 26.7 Å². The highest BCUT2D eigenvalue weighted by Gasteiger charge is 2.44. The van der Waals surface area contributed by atoms with Crippen LogP contribution in [0.4, 0.5) is 22.0 Å². The third kappa shape index (κ3) is 3.05. The minimum Gasteiger partial charge on any atom is -0.428 e. The Balaban J connectivity index is 2.86. The van der Waals surface area contributed by atoms with Gasteiger partial charge in [-0.3, -0.25) is 0 Å². The fraction of sp³-hybridized carbons (Fsp3) is 0.250. The Bertz CT molecular complexity index is 355. The number of hydrogen-bond acceptors (Lipinski definition) is 1. The van der Waals surface area contributed by atoms with Gasteiger partial charge >= 0.3 is 12.5 Å². The van der Waals surface area contributed by atoms with Gasteiger partial charge in [-0.1, -0.05) is 0 Å². The highest BCUT2D eigenvalue weighted by Crippen LogP contribution is 2.29. The smallest absolute Gasteiger partial charge is 0.428 e. The minimum absolute atomic E-state index is 0.148. The van der Waals surface area contributed by atoms with E-state index < -0.39 is 24.1 Å². The predicted octanol–water partition coefficient (Wildman–Crippen LogP) is 3.82. The average Bonchev–Trinajstić information content (AvgIpc) is 2.10. The number of rotatable bonds is 3. The molecule has 1 aromatic rings. The molecule has 7 heteroatoms. The summed E-state index contributed by atoms with van der Waals surface area (Å²) in [5, 5.41) is 0. The van der Waals surface area contributed by atoms with Crippen LogP contribution in [0.1, 0.15) is 0 Å². The molecule has 0 saturated carbocycles. The van der Waals surface area contributed by atoms with Gasteiger partial charge in [-0.25, -0.2) is 4.39 Å². The predicted molar refractivity (Wildman–Crippen MR) is 45.7 cm³/mol. The lowest BCUT2D eigenvalue weighted by molar-refractivity contribution is -0.253. The molecule has 0 heterocycles. The van der Waals surface area contributed by atoms with Crippen molar-refractivity contribution >= 4 is 15.9 Å². The van der Waals surface area contributed by atoms with Crippen molar-refractivity contribution in [1.82, 2.24) is 0 Å². The van der Waals surface area contributed by atoms with Crippen molar-refractivity contribution in [2.45, 2.75) is 12.5 Å². The van der Waals surface area contributed by atoms with E-state index in [4.69, 9.17) is 0 Å². The van der Waals surface area contributed by atoms with Crippen LogP contribution in [0.5, 0.6) is 5.75 Å². The molecule has 1 aromatic carbocycles. The van der Waals surface area contributed by atoms with E-state index in [0.717, 1.165) is 18.2 Å². The molecule has 0 atom stereocenters. The number of ether oxygens (including phenoxy) is 1. The second kappa shape index (κ2) is 4.34. The Morgan fingerprint density at radius 3 is 2.33 bits per heavy atom. The molecule has 0 aliphatic carbocycles. The number of hydrogen-bond donors (Lipinski definition) is 0. The van der Waals surface area contributed by atoms with Crippen LogP contribution in [0.25, 0.3) is 0 Å². The van der Waals surface area contributed by atoms with Crippen molar-refractivity contribution in [2.75, 3.05) is 0 Å². The summed E-state index contributed by atoms with van der Waals surface area (Å²) in [6, 6.07) is 2.49. The molecular weight excluding hydrogens is 287 g/mol. The van der Waals surface area contributed by atoms with Crippen LogP contribution in [-0.4, -0.2) is 12.5 Å². The summed E-state index contributed by atoms with van der Waals surface area (Å²) in [6.07, 6.45) is -8.53. The molecule has 0 fully saturated rings. The molecule has 0 spiro atoms. The minimum atomic E-state index is -4.59. The van der Waals surface area contributed by atoms with E-state index in [1.807, 2.05) is 0 Å². The Morgan fingerprint density at radius 1 is 1.27 bits per heavy atom. The molecule has 0 radical (unpaired) electrons. The van der Waals surface area contributed by atoms with Crippen LogP contribution < -0.4 is 4.74 Å². The van der Waals surface area contributed by atoms with Crippen molar-refractivity contribution in [2.24, 2.45) is 0 Å². The molecule has 0 aliphatic rings. The van der Waals surface area contributed by atoms with Crippen molar-refractivity contribution in [3.05, 3.63) is 28.5 Å². The van der Waals surface area contributed by atoms with Crippen molar-refractivity contribution in [1.29, 1.82) is 0 Å². The average molecular weight is 291 g/mol. The summed E-state index contributed by atoms with van der Waals surface area (Å²) >= 11 is 2.70. The normalized spacial score (nSPS) is 11.9. The van der Waals surface area contributed by atoms with Gasteiger partial charge in [0.25, 0.3) is 0 Å². The lowest BCUT2D eigenvalue weighted by Crippen LogP contribution is -2.33. The Labute approximate surface area is 90.0 Å². The summed E-state index contributed by atoms with van der Waals surface area (Å²) in [5.74, 6) is -1.25. The molecular formula is C8H4BrF5O. The molecule has 0 N–H and O–H groups in total. The van der Waals surface area contributed by atoms with Crippen LogP contribution in [-0.2, 0) is 0 Å². The molecule has 0 amide bonds. The topological polar surface area (TPSA) is 9.23 Å². The Hall–Kier alpha value is -0.850. The summed E-state index contributed by atoms with van der Waals surface area (Å²) in [5.41, 5.74) is 0. The SMILES string of the molecule is Fc1ccc(OC(F)(F)C(F)F)cc1Br. The molecule has 0 unspecified atom stereocenters. The lowest BCUT2D eigenvalue weighted by atomic mass is 10.3. The summed E-state index contributed by atoms with van der Waals surface area (Å²) in [7, 11) is 0. The van der Waals surface area contributed by atoms with Gasteiger partial charge in [0, 0.05) is 0 Å². The quantitative estimate of drug-likeness (QED) is 0.769. The zero-order valence-electron chi connectivity index (χ0n) is 6.99. The maximum absolute atomic E-state index is 12.7. The molecule has 15 heavy (non-hydrogen) atoms. The van der Waals surface area contributed by atoms with Gasteiger partial charge in [-0.2, -0.15) is 17.6 Å². The van der Waals surface area contributed by atoms with E-state index in [0.29, 0.717) is 0 Å². The van der Waals surface area contributed by atoms with Gasteiger partial charge in [0.2, 0.25) is 0 Å². The lowest BCUT2D eigenvalue weighted by Gasteiger charge is -2.16. The molecule has 0 aliphatic heterocycles. The summed E-state index contributed by atoms with van der Waals surface area (Å²) in [4.78, 5) is 0. The first kappa shape index (κ1) is 12.2. The van der Waals surface area contributed by atoms with Gasteiger partial charge in [-0.15, -0.1) is 0 Å². The first-order valence-electron chi connectivity index (χ1n) is 3.63.